The Morgan fingerprint density at radius 2 is 2.07 bits per heavy atom. The van der Waals surface area contributed by atoms with E-state index >= 15 is 0 Å². The summed E-state index contributed by atoms with van der Waals surface area (Å²) in [5.74, 6) is 2.34. The van der Waals surface area contributed by atoms with Crippen molar-refractivity contribution in [2.45, 2.75) is 6.92 Å². The molecule has 0 bridgehead atoms. The number of rotatable bonds is 4. The van der Waals surface area contributed by atoms with Crippen molar-refractivity contribution in [2.75, 3.05) is 6.61 Å². The molecule has 4 aromatic rings. The smallest absolute Gasteiger partial charge is 0.352 e. The van der Waals surface area contributed by atoms with Crippen molar-refractivity contribution in [1.82, 2.24) is 24.6 Å². The molecular weight excluding hydrogens is 378 g/mol. The summed E-state index contributed by atoms with van der Waals surface area (Å²) in [6, 6.07) is 11.0. The van der Waals surface area contributed by atoms with Gasteiger partial charge >= 0.3 is 11.7 Å². The van der Waals surface area contributed by atoms with Crippen LogP contribution in [0.1, 0.15) is 5.56 Å². The van der Waals surface area contributed by atoms with Crippen LogP contribution in [0.15, 0.2) is 47.4 Å². The third-order valence-electron chi connectivity index (χ3n) is 4.06. The van der Waals surface area contributed by atoms with Gasteiger partial charge < -0.3 is 4.74 Å². The summed E-state index contributed by atoms with van der Waals surface area (Å²) >= 11 is 6.03. The van der Waals surface area contributed by atoms with Crippen LogP contribution < -0.4 is 10.4 Å². The van der Waals surface area contributed by atoms with Gasteiger partial charge in [-0.1, -0.05) is 29.7 Å². The number of aromatic amines is 1. The van der Waals surface area contributed by atoms with E-state index in [1.165, 1.54) is 4.52 Å². The Morgan fingerprint density at radius 3 is 2.79 bits per heavy atom. The minimum absolute atomic E-state index is 0.0180. The number of ether oxygens (including phenoxy) is 1. The number of pyridine rings is 1. The molecule has 8 heteroatoms. The number of benzene rings is 1. The number of nitrogens with one attached hydrogen (secondary N) is 1. The first-order valence-electron chi connectivity index (χ1n) is 8.35. The van der Waals surface area contributed by atoms with Gasteiger partial charge in [-0.3, -0.25) is 9.97 Å². The summed E-state index contributed by atoms with van der Waals surface area (Å²) in [5.41, 5.74) is 3.44. The number of terminal acetylenes is 1. The Bertz CT molecular complexity index is 1270. The second-order valence-electron chi connectivity index (χ2n) is 6.02. The zero-order chi connectivity index (χ0) is 19.7. The van der Waals surface area contributed by atoms with Crippen LogP contribution in [0.4, 0.5) is 0 Å². The lowest BCUT2D eigenvalue weighted by Crippen LogP contribution is -2.20. The largest absolute Gasteiger partial charge is 0.451 e. The molecule has 0 aliphatic rings. The molecule has 7 nitrogen and oxygen atoms in total. The van der Waals surface area contributed by atoms with E-state index < -0.39 is 5.69 Å². The van der Waals surface area contributed by atoms with Gasteiger partial charge in [0.1, 0.15) is 5.69 Å². The van der Waals surface area contributed by atoms with E-state index in [-0.39, 0.29) is 12.6 Å². The van der Waals surface area contributed by atoms with E-state index in [4.69, 9.17) is 22.8 Å². The Morgan fingerprint density at radius 1 is 1.29 bits per heavy atom. The number of halogens is 1. The molecule has 1 aromatic carbocycles. The molecule has 0 saturated heterocycles. The summed E-state index contributed by atoms with van der Waals surface area (Å²) in [6.45, 7) is 1.94. The minimum Gasteiger partial charge on any atom is -0.451 e. The van der Waals surface area contributed by atoms with Crippen LogP contribution in [0.5, 0.6) is 6.01 Å². The maximum Gasteiger partial charge on any atom is 0.352 e. The third-order valence-corrected chi connectivity index (χ3v) is 4.31. The maximum absolute atomic E-state index is 12.5. The highest BCUT2D eigenvalue weighted by Gasteiger charge is 2.21. The maximum atomic E-state index is 12.5. The molecule has 0 aliphatic heterocycles. The Balaban J connectivity index is 2.04. The first-order chi connectivity index (χ1) is 13.6. The molecule has 0 unspecified atom stereocenters. The van der Waals surface area contributed by atoms with Crippen molar-refractivity contribution in [3.8, 4) is 40.9 Å². The number of hydrogen-bond donors (Lipinski definition) is 1. The zero-order valence-electron chi connectivity index (χ0n) is 14.8. The fourth-order valence-electron chi connectivity index (χ4n) is 2.83. The highest BCUT2D eigenvalue weighted by molar-refractivity contribution is 6.30. The monoisotopic (exact) mass is 391 g/mol. The van der Waals surface area contributed by atoms with E-state index in [0.29, 0.717) is 27.6 Å². The van der Waals surface area contributed by atoms with Crippen LogP contribution >= 0.6 is 11.6 Å². The quantitative estimate of drug-likeness (QED) is 0.540. The summed E-state index contributed by atoms with van der Waals surface area (Å²) < 4.78 is 6.49. The lowest BCUT2D eigenvalue weighted by atomic mass is 10.0. The van der Waals surface area contributed by atoms with Crippen molar-refractivity contribution in [2.24, 2.45) is 0 Å². The van der Waals surface area contributed by atoms with Crippen molar-refractivity contribution in [3.63, 3.8) is 0 Å². The van der Waals surface area contributed by atoms with Gasteiger partial charge in [0.2, 0.25) is 0 Å². The van der Waals surface area contributed by atoms with Gasteiger partial charge in [0.25, 0.3) is 0 Å². The lowest BCUT2D eigenvalue weighted by Gasteiger charge is -2.05. The summed E-state index contributed by atoms with van der Waals surface area (Å²) in [4.78, 5) is 23.9. The van der Waals surface area contributed by atoms with Crippen LogP contribution in [-0.2, 0) is 0 Å². The van der Waals surface area contributed by atoms with Crippen LogP contribution in [0.2, 0.25) is 5.02 Å². The van der Waals surface area contributed by atoms with E-state index in [0.717, 1.165) is 11.1 Å². The van der Waals surface area contributed by atoms with E-state index in [1.807, 2.05) is 31.2 Å². The van der Waals surface area contributed by atoms with E-state index in [9.17, 15) is 4.79 Å². The molecular formula is C20H14ClN5O2. The predicted molar refractivity (Wildman–Crippen MR) is 106 cm³/mol. The van der Waals surface area contributed by atoms with Crippen LogP contribution in [0, 0.1) is 19.3 Å². The van der Waals surface area contributed by atoms with Gasteiger partial charge in [-0.2, -0.15) is 14.6 Å². The topological polar surface area (TPSA) is 85.2 Å². The number of hydrogen-bond acceptors (Lipinski definition) is 5. The van der Waals surface area contributed by atoms with Crippen molar-refractivity contribution >= 4 is 17.2 Å². The molecule has 1 N–H and O–H groups in total. The molecule has 0 saturated carbocycles. The van der Waals surface area contributed by atoms with Gasteiger partial charge in [0, 0.05) is 11.2 Å². The Hall–Kier alpha value is -3.63. The molecule has 0 aliphatic carbocycles. The SMILES string of the molecule is C#CCOc1nc2c(-c3ccc(Cl)cc3)c(-c3cc(C)ccn3)nn2c(=O)[nH]1. The molecule has 3 heterocycles. The number of aromatic nitrogens is 5. The number of aryl methyl sites for hydroxylation is 1. The highest BCUT2D eigenvalue weighted by Crippen LogP contribution is 2.34. The average Bonchev–Trinajstić information content (AvgIpc) is 3.07. The summed E-state index contributed by atoms with van der Waals surface area (Å²) in [5, 5.41) is 5.06. The minimum atomic E-state index is -0.494. The fraction of sp³-hybridized carbons (Fsp3) is 0.100. The van der Waals surface area contributed by atoms with Gasteiger partial charge in [-0.15, -0.1) is 6.42 Å². The lowest BCUT2D eigenvalue weighted by molar-refractivity contribution is 0.337. The molecule has 0 atom stereocenters. The molecule has 138 valence electrons. The highest BCUT2D eigenvalue weighted by atomic mass is 35.5. The Labute approximate surface area is 165 Å². The van der Waals surface area contributed by atoms with Crippen molar-refractivity contribution < 1.29 is 4.74 Å². The summed E-state index contributed by atoms with van der Waals surface area (Å²) in [7, 11) is 0. The molecule has 4 rings (SSSR count). The number of nitrogens with zero attached hydrogens (tertiary/aromatic N) is 4. The predicted octanol–water partition coefficient (Wildman–Crippen LogP) is 3.12. The second-order valence-corrected chi connectivity index (χ2v) is 6.46. The third kappa shape index (κ3) is 3.21. The molecule has 0 fully saturated rings. The normalized spacial score (nSPS) is 10.8. The fourth-order valence-corrected chi connectivity index (χ4v) is 2.95. The average molecular weight is 392 g/mol. The number of fused-ring (bicyclic) bond motifs is 1. The van der Waals surface area contributed by atoms with Crippen LogP contribution in [-0.4, -0.2) is 31.2 Å². The van der Waals surface area contributed by atoms with Gasteiger partial charge in [-0.25, -0.2) is 4.79 Å². The van der Waals surface area contributed by atoms with Crippen molar-refractivity contribution in [3.05, 3.63) is 63.7 Å². The Kier molecular flexibility index (Phi) is 4.55. The molecule has 0 amide bonds. The first-order valence-corrected chi connectivity index (χ1v) is 8.73. The van der Waals surface area contributed by atoms with Gasteiger partial charge in [0.05, 0.1) is 11.3 Å². The molecule has 3 aromatic heterocycles. The van der Waals surface area contributed by atoms with Gasteiger partial charge in [-0.05, 0) is 42.3 Å². The first kappa shape index (κ1) is 17.8. The number of H-pyrrole nitrogens is 1. The standard InChI is InChI=1S/C20H14ClN5O2/c1-3-10-28-19-23-18-16(13-4-6-14(21)7-5-13)17(25-26(18)20(27)24-19)15-11-12(2)8-9-22-15/h1,4-9,11H,10H2,2H3,(H,23,24,27). The van der Waals surface area contributed by atoms with Crippen LogP contribution in [0.25, 0.3) is 28.2 Å². The second kappa shape index (κ2) is 7.18. The molecule has 0 spiro atoms. The van der Waals surface area contributed by atoms with Gasteiger partial charge in [0.15, 0.2) is 12.3 Å². The van der Waals surface area contributed by atoms with Crippen molar-refractivity contribution in [1.29, 1.82) is 0 Å². The van der Waals surface area contributed by atoms with E-state index in [1.54, 1.807) is 18.3 Å². The zero-order valence-corrected chi connectivity index (χ0v) is 15.6. The van der Waals surface area contributed by atoms with E-state index in [2.05, 4.69) is 26.0 Å². The molecule has 0 radical (unpaired) electrons. The summed E-state index contributed by atoms with van der Waals surface area (Å²) in [6.07, 6.45) is 6.92. The molecule has 28 heavy (non-hydrogen) atoms. The van der Waals surface area contributed by atoms with Crippen LogP contribution in [0.3, 0.4) is 0 Å².